The number of aromatic nitrogens is 1. The van der Waals surface area contributed by atoms with E-state index in [9.17, 15) is 4.79 Å². The number of carbonyl (C=O) groups excluding carboxylic acids is 1. The molecule has 0 fully saturated rings. The summed E-state index contributed by atoms with van der Waals surface area (Å²) < 4.78 is 0. The van der Waals surface area contributed by atoms with Gasteiger partial charge in [-0.1, -0.05) is 48.0 Å². The second-order valence-electron chi connectivity index (χ2n) is 5.36. The van der Waals surface area contributed by atoms with Crippen LogP contribution < -0.4 is 5.43 Å². The molecule has 0 saturated heterocycles. The van der Waals surface area contributed by atoms with Crippen molar-refractivity contribution in [2.75, 3.05) is 5.43 Å². The fourth-order valence-electron chi connectivity index (χ4n) is 2.64. The predicted molar refractivity (Wildman–Crippen MR) is 98.1 cm³/mol. The van der Waals surface area contributed by atoms with Crippen molar-refractivity contribution >= 4 is 39.6 Å². The molecule has 1 N–H and O–H groups in total. The third-order valence-corrected chi connectivity index (χ3v) is 4.76. The van der Waals surface area contributed by atoms with Gasteiger partial charge in [0, 0.05) is 27.1 Å². The normalized spacial score (nSPS) is 14.9. The molecule has 0 unspecified atom stereocenters. The number of hydrogen-bond acceptors (Lipinski definition) is 5. The number of anilines is 1. The number of ketones is 1. The van der Waals surface area contributed by atoms with Crippen LogP contribution in [0.25, 0.3) is 11.3 Å². The smallest absolute Gasteiger partial charge is 0.203 e. The molecule has 1 aliphatic rings. The Morgan fingerprint density at radius 2 is 1.96 bits per heavy atom. The topological polar surface area (TPSA) is 54.4 Å². The fourth-order valence-corrected chi connectivity index (χ4v) is 3.49. The van der Waals surface area contributed by atoms with Crippen LogP contribution in [0.4, 0.5) is 5.13 Å². The van der Waals surface area contributed by atoms with E-state index < -0.39 is 0 Å². The Hall–Kier alpha value is -2.50. The van der Waals surface area contributed by atoms with Gasteiger partial charge in [0.25, 0.3) is 0 Å². The molecule has 4 nitrogen and oxygen atoms in total. The van der Waals surface area contributed by atoms with E-state index >= 15 is 0 Å². The van der Waals surface area contributed by atoms with E-state index in [1.165, 1.54) is 11.3 Å². The molecule has 1 aromatic heterocycles. The number of benzene rings is 2. The van der Waals surface area contributed by atoms with E-state index in [4.69, 9.17) is 11.6 Å². The zero-order valence-corrected chi connectivity index (χ0v) is 14.1. The number of hydrogen-bond donors (Lipinski definition) is 1. The van der Waals surface area contributed by atoms with Crippen LogP contribution in [0.1, 0.15) is 22.3 Å². The molecule has 0 amide bonds. The molecular formula is C18H12ClN3OS. The molecule has 0 spiro atoms. The highest BCUT2D eigenvalue weighted by Crippen LogP contribution is 2.27. The number of hydrazone groups is 1. The minimum atomic E-state index is 0.102. The number of carbonyl (C=O) groups is 1. The highest BCUT2D eigenvalue weighted by Gasteiger charge is 2.24. The van der Waals surface area contributed by atoms with Crippen LogP contribution in [0.15, 0.2) is 59.0 Å². The lowest BCUT2D eigenvalue weighted by Crippen LogP contribution is -2.00. The van der Waals surface area contributed by atoms with Crippen molar-refractivity contribution in [3.05, 3.63) is 70.1 Å². The number of fused-ring (bicyclic) bond motifs is 1. The average molecular weight is 354 g/mol. The van der Waals surface area contributed by atoms with Gasteiger partial charge < -0.3 is 0 Å². The summed E-state index contributed by atoms with van der Waals surface area (Å²) in [6.07, 6.45) is 0.318. The Bertz CT molecular complexity index is 964. The quantitative estimate of drug-likeness (QED) is 0.684. The molecule has 0 bridgehead atoms. The van der Waals surface area contributed by atoms with E-state index in [0.29, 0.717) is 16.6 Å². The van der Waals surface area contributed by atoms with E-state index in [1.54, 1.807) is 0 Å². The lowest BCUT2D eigenvalue weighted by atomic mass is 10.1. The maximum atomic E-state index is 12.0. The minimum absolute atomic E-state index is 0.102. The van der Waals surface area contributed by atoms with E-state index in [1.807, 2.05) is 53.9 Å². The third-order valence-electron chi connectivity index (χ3n) is 3.78. The van der Waals surface area contributed by atoms with Gasteiger partial charge in [-0.05, 0) is 12.1 Å². The first-order valence-corrected chi connectivity index (χ1v) is 8.63. The van der Waals surface area contributed by atoms with Crippen LogP contribution in [0.3, 0.4) is 0 Å². The standard InChI is InChI=1S/C18H12ClN3OS/c19-12-5-3-4-11(8-12)16-10-24-18(20-16)22-21-15-9-17(23)14-7-2-1-6-13(14)15/h1-8,10H,9H2,(H,20,22)/b21-15+. The van der Waals surface area contributed by atoms with Crippen molar-refractivity contribution < 1.29 is 4.79 Å². The summed E-state index contributed by atoms with van der Waals surface area (Å²) >= 11 is 7.47. The molecule has 118 valence electrons. The van der Waals surface area contributed by atoms with Crippen molar-refractivity contribution in [1.29, 1.82) is 0 Å². The van der Waals surface area contributed by atoms with Crippen molar-refractivity contribution in [2.45, 2.75) is 6.42 Å². The van der Waals surface area contributed by atoms with E-state index in [0.717, 1.165) is 28.1 Å². The monoisotopic (exact) mass is 353 g/mol. The molecule has 4 rings (SSSR count). The first-order valence-electron chi connectivity index (χ1n) is 7.37. The molecule has 3 aromatic rings. The molecule has 2 aromatic carbocycles. The van der Waals surface area contributed by atoms with Crippen LogP contribution in [0.5, 0.6) is 0 Å². The Kier molecular flexibility index (Phi) is 3.88. The minimum Gasteiger partial charge on any atom is -0.294 e. The average Bonchev–Trinajstić information content (AvgIpc) is 3.19. The third kappa shape index (κ3) is 2.84. The van der Waals surface area contributed by atoms with Crippen LogP contribution in [-0.4, -0.2) is 16.5 Å². The van der Waals surface area contributed by atoms with Gasteiger partial charge in [0.15, 0.2) is 5.78 Å². The van der Waals surface area contributed by atoms with Gasteiger partial charge in [0.1, 0.15) is 0 Å². The van der Waals surface area contributed by atoms with Gasteiger partial charge in [0.2, 0.25) is 5.13 Å². The van der Waals surface area contributed by atoms with Gasteiger partial charge in [-0.15, -0.1) is 11.3 Å². The Balaban J connectivity index is 1.56. The van der Waals surface area contributed by atoms with Gasteiger partial charge in [-0.2, -0.15) is 5.10 Å². The van der Waals surface area contributed by atoms with E-state index in [2.05, 4.69) is 15.5 Å². The maximum absolute atomic E-state index is 12.0. The molecule has 0 radical (unpaired) electrons. The van der Waals surface area contributed by atoms with Gasteiger partial charge in [-0.3, -0.25) is 10.2 Å². The van der Waals surface area contributed by atoms with Crippen LogP contribution in [-0.2, 0) is 0 Å². The number of Topliss-reactive ketones (excluding diaryl/α,β-unsaturated/α-hetero) is 1. The number of nitrogens with one attached hydrogen (secondary N) is 1. The van der Waals surface area contributed by atoms with Gasteiger partial charge >= 0.3 is 0 Å². The molecular weight excluding hydrogens is 342 g/mol. The second kappa shape index (κ2) is 6.19. The second-order valence-corrected chi connectivity index (χ2v) is 6.66. The number of thiazole rings is 1. The summed E-state index contributed by atoms with van der Waals surface area (Å²) in [6, 6.07) is 15.1. The van der Waals surface area contributed by atoms with Crippen LogP contribution in [0.2, 0.25) is 5.02 Å². The molecule has 6 heteroatoms. The summed E-state index contributed by atoms with van der Waals surface area (Å²) in [5, 5.41) is 7.68. The summed E-state index contributed by atoms with van der Waals surface area (Å²) in [4.78, 5) is 16.5. The van der Waals surface area contributed by atoms with E-state index in [-0.39, 0.29) is 5.78 Å². The Labute approximate surface area is 147 Å². The molecule has 1 aliphatic carbocycles. The highest BCUT2D eigenvalue weighted by molar-refractivity contribution is 7.14. The summed E-state index contributed by atoms with van der Waals surface area (Å²) in [6.45, 7) is 0. The first kappa shape index (κ1) is 15.1. The van der Waals surface area contributed by atoms with Crippen molar-refractivity contribution in [3.8, 4) is 11.3 Å². The number of nitrogens with zero attached hydrogens (tertiary/aromatic N) is 2. The highest BCUT2D eigenvalue weighted by atomic mass is 35.5. The summed E-state index contributed by atoms with van der Waals surface area (Å²) in [5.41, 5.74) is 7.13. The van der Waals surface area contributed by atoms with Gasteiger partial charge in [-0.25, -0.2) is 4.98 Å². The predicted octanol–water partition coefficient (Wildman–Crippen LogP) is 4.87. The van der Waals surface area contributed by atoms with Crippen molar-refractivity contribution in [3.63, 3.8) is 0 Å². The lowest BCUT2D eigenvalue weighted by molar-refractivity contribution is 0.101. The van der Waals surface area contributed by atoms with Crippen molar-refractivity contribution in [2.24, 2.45) is 5.10 Å². The number of halogens is 1. The van der Waals surface area contributed by atoms with Crippen LogP contribution in [0, 0.1) is 0 Å². The van der Waals surface area contributed by atoms with Crippen LogP contribution >= 0.6 is 22.9 Å². The fraction of sp³-hybridized carbons (Fsp3) is 0.0556. The number of rotatable bonds is 3. The van der Waals surface area contributed by atoms with Gasteiger partial charge in [0.05, 0.1) is 17.8 Å². The Morgan fingerprint density at radius 3 is 2.79 bits per heavy atom. The molecule has 0 atom stereocenters. The summed E-state index contributed by atoms with van der Waals surface area (Å²) in [7, 11) is 0. The van der Waals surface area contributed by atoms with Crippen molar-refractivity contribution in [1.82, 2.24) is 4.98 Å². The summed E-state index contributed by atoms with van der Waals surface area (Å²) in [5.74, 6) is 0.102. The first-order chi connectivity index (χ1) is 11.7. The zero-order chi connectivity index (χ0) is 16.5. The zero-order valence-electron chi connectivity index (χ0n) is 12.5. The SMILES string of the molecule is O=C1C/C(=N\Nc2nc(-c3cccc(Cl)c3)cs2)c2ccccc21. The molecule has 0 saturated carbocycles. The molecule has 1 heterocycles. The molecule has 0 aliphatic heterocycles. The maximum Gasteiger partial charge on any atom is 0.203 e. The molecule has 24 heavy (non-hydrogen) atoms. The lowest BCUT2D eigenvalue weighted by Gasteiger charge is -1.99. The Morgan fingerprint density at radius 1 is 1.12 bits per heavy atom. The largest absolute Gasteiger partial charge is 0.294 e.